The zero-order valence-electron chi connectivity index (χ0n) is 34.1. The van der Waals surface area contributed by atoms with Gasteiger partial charge in [0.1, 0.15) is 54.2 Å². The number of hydrogen-bond donors (Lipinski definition) is 9. The molecule has 2 aliphatic heterocycles. The molecule has 0 bridgehead atoms. The summed E-state index contributed by atoms with van der Waals surface area (Å²) in [6.07, 6.45) is -7.67. The summed E-state index contributed by atoms with van der Waals surface area (Å²) in [5.41, 5.74) is -1.53. The fourth-order valence-electron chi connectivity index (χ4n) is 13.7. The van der Waals surface area contributed by atoms with Crippen LogP contribution in [-0.2, 0) is 23.7 Å². The molecule has 320 valence electrons. The van der Waals surface area contributed by atoms with Crippen LogP contribution in [0.2, 0.25) is 0 Å². The van der Waals surface area contributed by atoms with Gasteiger partial charge in [-0.3, -0.25) is 4.79 Å². The number of ether oxygens (including phenoxy) is 4. The van der Waals surface area contributed by atoms with Crippen molar-refractivity contribution in [1.29, 1.82) is 0 Å². The lowest BCUT2D eigenvalue weighted by atomic mass is 9.33. The topological polar surface area (TPSA) is 236 Å². The minimum atomic E-state index is -1.75. The Morgan fingerprint density at radius 3 is 1.91 bits per heavy atom. The smallest absolute Gasteiger partial charge is 0.317 e. The second-order valence-electron chi connectivity index (χ2n) is 20.8. The standard InChI is InChI=1S/C42H68O14/c1-37(2)14-15-42(36(52)56-35-33(51)31(49)29(47)23(19-44)54-35)21(16-37)20-8-9-25-39(5)12-11-27(55-34-32(50)30(48)28(46)22(18-43)53-34)38(3,4)24(39)10-13-40(25,6)41(20,7)17-26(42)45/h8,21-35,43-51H,9-19H2,1-7H3/t21-,22+,23+,24-,25+,26+,27-,28+,29+,30-,31-,32+,33+,34-,35-,39-,40+,41+,42+/m1/s1. The van der Waals surface area contributed by atoms with Gasteiger partial charge in [-0.05, 0) is 103 Å². The summed E-state index contributed by atoms with van der Waals surface area (Å²) >= 11 is 0. The summed E-state index contributed by atoms with van der Waals surface area (Å²) in [7, 11) is 0. The first kappa shape index (κ1) is 42.8. The van der Waals surface area contributed by atoms with E-state index in [-0.39, 0.29) is 45.5 Å². The highest BCUT2D eigenvalue weighted by Crippen LogP contribution is 2.76. The van der Waals surface area contributed by atoms with Crippen molar-refractivity contribution in [1.82, 2.24) is 0 Å². The van der Waals surface area contributed by atoms with E-state index in [0.29, 0.717) is 32.1 Å². The Morgan fingerprint density at radius 1 is 0.714 bits per heavy atom. The highest BCUT2D eigenvalue weighted by atomic mass is 16.7. The molecule has 0 unspecified atom stereocenters. The SMILES string of the molecule is CC1(C)CC[C@]2(C(=O)O[C@H]3O[C@@H](CO)[C@H](O)[C@@H](O)[C@@H]3O)[C@H](C1)C1=CC[C@H]3[C@]4(C)CC[C@@H](O[C@H]5O[C@@H](CO)[C@H](O)[C@@H](O)[C@@H]5O)C(C)(C)[C@H]4CC[C@]3(C)[C@@]1(C)C[C@@H]2O. The lowest BCUT2D eigenvalue weighted by Gasteiger charge is -2.71. The summed E-state index contributed by atoms with van der Waals surface area (Å²) < 4.78 is 23.7. The molecule has 9 N–H and O–H groups in total. The number of aliphatic hydroxyl groups excluding tert-OH is 9. The Bertz CT molecular complexity index is 1520. The molecular formula is C42H68O14. The van der Waals surface area contributed by atoms with E-state index in [1.54, 1.807) is 0 Å². The van der Waals surface area contributed by atoms with Gasteiger partial charge in [-0.15, -0.1) is 0 Å². The van der Waals surface area contributed by atoms with E-state index < -0.39 is 97.5 Å². The Balaban J connectivity index is 1.18. The van der Waals surface area contributed by atoms with Crippen LogP contribution < -0.4 is 0 Å². The second-order valence-corrected chi connectivity index (χ2v) is 20.8. The number of esters is 1. The Kier molecular flexibility index (Phi) is 11.0. The molecule has 2 heterocycles. The molecule has 56 heavy (non-hydrogen) atoms. The van der Waals surface area contributed by atoms with Crippen molar-refractivity contribution >= 4 is 5.97 Å². The predicted octanol–water partition coefficient (Wildman–Crippen LogP) is 1.29. The number of aliphatic hydroxyl groups is 9. The average molecular weight is 797 g/mol. The first-order valence-electron chi connectivity index (χ1n) is 20.9. The molecule has 0 amide bonds. The third-order valence-corrected chi connectivity index (χ3v) is 17.2. The zero-order chi connectivity index (χ0) is 41.1. The van der Waals surface area contributed by atoms with Crippen LogP contribution in [-0.4, -0.2) is 139 Å². The summed E-state index contributed by atoms with van der Waals surface area (Å²) in [5.74, 6) is -0.627. The fourth-order valence-corrected chi connectivity index (χ4v) is 13.7. The van der Waals surface area contributed by atoms with Crippen LogP contribution in [0.4, 0.5) is 0 Å². The largest absolute Gasteiger partial charge is 0.432 e. The zero-order valence-corrected chi connectivity index (χ0v) is 34.1. The van der Waals surface area contributed by atoms with Crippen molar-refractivity contribution in [2.24, 2.45) is 50.2 Å². The molecule has 0 aromatic rings. The monoisotopic (exact) mass is 796 g/mol. The molecule has 0 spiro atoms. The van der Waals surface area contributed by atoms with Gasteiger partial charge in [0.15, 0.2) is 6.29 Å². The minimum Gasteiger partial charge on any atom is -0.432 e. The van der Waals surface area contributed by atoms with E-state index >= 15 is 0 Å². The maximum Gasteiger partial charge on any atom is 0.317 e. The van der Waals surface area contributed by atoms with Gasteiger partial charge in [-0.2, -0.15) is 0 Å². The quantitative estimate of drug-likeness (QED) is 0.105. The Labute approximate surface area is 330 Å². The maximum atomic E-state index is 14.6. The summed E-state index contributed by atoms with van der Waals surface area (Å²) in [6, 6.07) is 0. The summed E-state index contributed by atoms with van der Waals surface area (Å²) in [4.78, 5) is 14.6. The Morgan fingerprint density at radius 2 is 1.30 bits per heavy atom. The molecule has 14 heteroatoms. The normalized spacial score (nSPS) is 53.7. The van der Waals surface area contributed by atoms with Crippen LogP contribution in [0, 0.1) is 50.2 Å². The van der Waals surface area contributed by atoms with E-state index in [0.717, 1.165) is 25.7 Å². The van der Waals surface area contributed by atoms with Gasteiger partial charge in [0, 0.05) is 0 Å². The van der Waals surface area contributed by atoms with Crippen molar-refractivity contribution in [3.63, 3.8) is 0 Å². The molecule has 19 atom stereocenters. The van der Waals surface area contributed by atoms with E-state index in [1.165, 1.54) is 5.57 Å². The first-order chi connectivity index (χ1) is 26.0. The molecule has 5 aliphatic carbocycles. The molecule has 6 fully saturated rings. The van der Waals surface area contributed by atoms with Crippen LogP contribution in [0.15, 0.2) is 11.6 Å². The number of rotatable bonds is 6. The molecule has 2 saturated heterocycles. The number of allylic oxidation sites excluding steroid dienone is 2. The van der Waals surface area contributed by atoms with E-state index in [2.05, 4.69) is 54.5 Å². The van der Waals surface area contributed by atoms with Gasteiger partial charge < -0.3 is 64.9 Å². The highest BCUT2D eigenvalue weighted by Gasteiger charge is 2.72. The maximum absolute atomic E-state index is 14.6. The third-order valence-electron chi connectivity index (χ3n) is 17.2. The number of hydrogen-bond acceptors (Lipinski definition) is 14. The van der Waals surface area contributed by atoms with E-state index in [1.807, 2.05) is 0 Å². The van der Waals surface area contributed by atoms with Crippen molar-refractivity contribution in [2.45, 2.75) is 180 Å². The van der Waals surface area contributed by atoms with Crippen molar-refractivity contribution in [3.05, 3.63) is 11.6 Å². The summed E-state index contributed by atoms with van der Waals surface area (Å²) in [5, 5.41) is 95.2. The Hall–Kier alpha value is -1.27. The van der Waals surface area contributed by atoms with Crippen LogP contribution in [0.1, 0.15) is 106 Å². The molecule has 14 nitrogen and oxygen atoms in total. The first-order valence-corrected chi connectivity index (χ1v) is 20.9. The summed E-state index contributed by atoms with van der Waals surface area (Å²) in [6.45, 7) is 14.6. The van der Waals surface area contributed by atoms with Crippen molar-refractivity contribution in [3.8, 4) is 0 Å². The number of carbonyl (C=O) groups is 1. The molecule has 7 aliphatic rings. The lowest BCUT2D eigenvalue weighted by molar-refractivity contribution is -0.330. The molecule has 4 saturated carbocycles. The average Bonchev–Trinajstić information content (AvgIpc) is 3.13. The number of fused-ring (bicyclic) bond motifs is 7. The predicted molar refractivity (Wildman–Crippen MR) is 199 cm³/mol. The van der Waals surface area contributed by atoms with Crippen LogP contribution in [0.3, 0.4) is 0 Å². The van der Waals surface area contributed by atoms with Gasteiger partial charge in [-0.1, -0.05) is 60.1 Å². The van der Waals surface area contributed by atoms with Crippen LogP contribution in [0.25, 0.3) is 0 Å². The molecular weight excluding hydrogens is 728 g/mol. The van der Waals surface area contributed by atoms with Gasteiger partial charge >= 0.3 is 5.97 Å². The van der Waals surface area contributed by atoms with Crippen molar-refractivity contribution in [2.75, 3.05) is 13.2 Å². The minimum absolute atomic E-state index is 0.135. The lowest BCUT2D eigenvalue weighted by Crippen LogP contribution is -2.68. The fraction of sp³-hybridized carbons (Fsp3) is 0.929. The van der Waals surface area contributed by atoms with E-state index in [4.69, 9.17) is 18.9 Å². The van der Waals surface area contributed by atoms with E-state index in [9.17, 15) is 50.8 Å². The number of carbonyl (C=O) groups excluding carboxylic acids is 1. The molecule has 0 aromatic heterocycles. The van der Waals surface area contributed by atoms with Gasteiger partial charge in [-0.25, -0.2) is 0 Å². The second kappa shape index (κ2) is 14.4. The molecule has 7 rings (SSSR count). The third kappa shape index (κ3) is 6.13. The van der Waals surface area contributed by atoms with Gasteiger partial charge in [0.05, 0.1) is 25.4 Å². The highest BCUT2D eigenvalue weighted by molar-refractivity contribution is 5.80. The van der Waals surface area contributed by atoms with Gasteiger partial charge in [0.25, 0.3) is 0 Å². The molecule has 0 aromatic carbocycles. The van der Waals surface area contributed by atoms with Gasteiger partial charge in [0.2, 0.25) is 6.29 Å². The van der Waals surface area contributed by atoms with Crippen molar-refractivity contribution < 1.29 is 69.7 Å². The van der Waals surface area contributed by atoms with Crippen LogP contribution >= 0.6 is 0 Å². The molecule has 0 radical (unpaired) electrons. The van der Waals surface area contributed by atoms with Crippen LogP contribution in [0.5, 0.6) is 0 Å².